The Balaban J connectivity index is 2.55. The van der Waals surface area contributed by atoms with Crippen LogP contribution in [0.2, 0.25) is 0 Å². The first-order chi connectivity index (χ1) is 9.49. The second-order valence-corrected chi connectivity index (χ2v) is 6.37. The van der Waals surface area contributed by atoms with Crippen molar-refractivity contribution in [2.45, 2.75) is 31.2 Å². The average molecular weight is 294 g/mol. The molecule has 0 amide bonds. The zero-order valence-electron chi connectivity index (χ0n) is 11.5. The SMILES string of the molecule is CC[C@@H](CO)NS(=O)(=O)c1ccc(C)c2ncccc12. The van der Waals surface area contributed by atoms with Crippen LogP contribution in [0.4, 0.5) is 0 Å². The van der Waals surface area contributed by atoms with Gasteiger partial charge in [-0.1, -0.05) is 13.0 Å². The minimum atomic E-state index is -3.68. The molecule has 0 spiro atoms. The zero-order chi connectivity index (χ0) is 14.8. The van der Waals surface area contributed by atoms with Gasteiger partial charge >= 0.3 is 0 Å². The first-order valence-electron chi connectivity index (χ1n) is 6.47. The highest BCUT2D eigenvalue weighted by Crippen LogP contribution is 2.24. The van der Waals surface area contributed by atoms with Gasteiger partial charge < -0.3 is 5.11 Å². The number of aliphatic hydroxyl groups is 1. The lowest BCUT2D eigenvalue weighted by molar-refractivity contribution is 0.254. The third-order valence-corrected chi connectivity index (χ3v) is 4.83. The van der Waals surface area contributed by atoms with Crippen LogP contribution in [-0.2, 0) is 10.0 Å². The number of hydrogen-bond donors (Lipinski definition) is 2. The summed E-state index contributed by atoms with van der Waals surface area (Å²) in [5.74, 6) is 0. The van der Waals surface area contributed by atoms with E-state index in [1.807, 2.05) is 13.8 Å². The summed E-state index contributed by atoms with van der Waals surface area (Å²) in [6.07, 6.45) is 2.17. The molecule has 2 N–H and O–H groups in total. The largest absolute Gasteiger partial charge is 0.395 e. The molecule has 2 rings (SSSR count). The van der Waals surface area contributed by atoms with Crippen molar-refractivity contribution < 1.29 is 13.5 Å². The highest BCUT2D eigenvalue weighted by Gasteiger charge is 2.21. The smallest absolute Gasteiger partial charge is 0.241 e. The topological polar surface area (TPSA) is 79.3 Å². The first-order valence-corrected chi connectivity index (χ1v) is 7.95. The van der Waals surface area contributed by atoms with Gasteiger partial charge in [-0.2, -0.15) is 0 Å². The van der Waals surface area contributed by atoms with Gasteiger partial charge in [-0.05, 0) is 37.1 Å². The number of nitrogens with one attached hydrogen (secondary N) is 1. The maximum atomic E-state index is 12.4. The summed E-state index contributed by atoms with van der Waals surface area (Å²) < 4.78 is 27.4. The molecule has 0 aliphatic rings. The standard InChI is InChI=1S/C14H18N2O3S/c1-3-11(9-17)16-20(18,19)13-7-6-10(2)14-12(13)5-4-8-15-14/h4-8,11,16-17H,3,9H2,1-2H3/t11-/m0/s1. The first kappa shape index (κ1) is 14.9. The normalized spacial score (nSPS) is 13.6. The van der Waals surface area contributed by atoms with Crippen molar-refractivity contribution in [1.82, 2.24) is 9.71 Å². The van der Waals surface area contributed by atoms with Gasteiger partial charge in [-0.3, -0.25) is 4.98 Å². The fourth-order valence-corrected chi connectivity index (χ4v) is 3.56. The van der Waals surface area contributed by atoms with E-state index in [0.717, 1.165) is 5.56 Å². The molecular formula is C14H18N2O3S. The Labute approximate surface area is 118 Å². The predicted molar refractivity (Wildman–Crippen MR) is 78.0 cm³/mol. The quantitative estimate of drug-likeness (QED) is 0.877. The molecule has 1 aromatic carbocycles. The summed E-state index contributed by atoms with van der Waals surface area (Å²) in [6.45, 7) is 3.48. The van der Waals surface area contributed by atoms with Gasteiger partial charge in [0.05, 0.1) is 17.0 Å². The summed E-state index contributed by atoms with van der Waals surface area (Å²) >= 11 is 0. The highest BCUT2D eigenvalue weighted by atomic mass is 32.2. The summed E-state index contributed by atoms with van der Waals surface area (Å²) in [7, 11) is -3.68. The number of benzene rings is 1. The molecule has 1 heterocycles. The van der Waals surface area contributed by atoms with E-state index < -0.39 is 16.1 Å². The Morgan fingerprint density at radius 3 is 2.75 bits per heavy atom. The predicted octanol–water partition coefficient (Wildman–Crippen LogP) is 1.59. The van der Waals surface area contributed by atoms with Gasteiger partial charge in [0, 0.05) is 17.6 Å². The summed E-state index contributed by atoms with van der Waals surface area (Å²) in [6, 6.07) is 6.29. The minimum absolute atomic E-state index is 0.193. The van der Waals surface area contributed by atoms with Gasteiger partial charge in [0.25, 0.3) is 0 Å². The molecule has 0 saturated heterocycles. The van der Waals surface area contributed by atoms with Crippen molar-refractivity contribution in [3.05, 3.63) is 36.0 Å². The van der Waals surface area contributed by atoms with E-state index in [1.165, 1.54) is 0 Å². The third kappa shape index (κ3) is 2.82. The molecular weight excluding hydrogens is 276 g/mol. The molecule has 1 atom stereocenters. The van der Waals surface area contributed by atoms with Crippen LogP contribution < -0.4 is 4.72 Å². The fraction of sp³-hybridized carbons (Fsp3) is 0.357. The van der Waals surface area contributed by atoms with Crippen molar-refractivity contribution in [2.75, 3.05) is 6.61 Å². The van der Waals surface area contributed by atoms with Crippen molar-refractivity contribution in [1.29, 1.82) is 0 Å². The molecule has 5 nitrogen and oxygen atoms in total. The molecule has 0 bridgehead atoms. The van der Waals surface area contributed by atoms with Gasteiger partial charge in [-0.15, -0.1) is 0 Å². The Hall–Kier alpha value is -1.50. The number of aliphatic hydroxyl groups excluding tert-OH is 1. The minimum Gasteiger partial charge on any atom is -0.395 e. The number of aromatic nitrogens is 1. The van der Waals surface area contributed by atoms with Crippen LogP contribution in [0.3, 0.4) is 0 Å². The molecule has 108 valence electrons. The van der Waals surface area contributed by atoms with Crippen molar-refractivity contribution in [3.8, 4) is 0 Å². The highest BCUT2D eigenvalue weighted by molar-refractivity contribution is 7.89. The number of fused-ring (bicyclic) bond motifs is 1. The van der Waals surface area contributed by atoms with Gasteiger partial charge in [0.15, 0.2) is 0 Å². The summed E-state index contributed by atoms with van der Waals surface area (Å²) in [4.78, 5) is 4.43. The van der Waals surface area contributed by atoms with Gasteiger partial charge in [0.2, 0.25) is 10.0 Å². The van der Waals surface area contributed by atoms with Crippen LogP contribution >= 0.6 is 0 Å². The molecule has 0 saturated carbocycles. The second kappa shape index (κ2) is 5.87. The molecule has 0 radical (unpaired) electrons. The van der Waals surface area contributed by atoms with Crippen LogP contribution in [0, 0.1) is 6.92 Å². The van der Waals surface area contributed by atoms with E-state index >= 15 is 0 Å². The molecule has 6 heteroatoms. The number of hydrogen-bond acceptors (Lipinski definition) is 4. The van der Waals surface area contributed by atoms with Gasteiger partial charge in [0.1, 0.15) is 0 Å². The van der Waals surface area contributed by atoms with Crippen LogP contribution in [0.5, 0.6) is 0 Å². The lowest BCUT2D eigenvalue weighted by Crippen LogP contribution is -2.37. The summed E-state index contributed by atoms with van der Waals surface area (Å²) in [5, 5.41) is 9.74. The van der Waals surface area contributed by atoms with E-state index in [1.54, 1.807) is 30.5 Å². The molecule has 0 aliphatic heterocycles. The monoisotopic (exact) mass is 294 g/mol. The number of aryl methyl sites for hydroxylation is 1. The number of nitrogens with zero attached hydrogens (tertiary/aromatic N) is 1. The van der Waals surface area contributed by atoms with E-state index in [9.17, 15) is 8.42 Å². The number of rotatable bonds is 5. The number of sulfonamides is 1. The van der Waals surface area contributed by atoms with Crippen LogP contribution in [0.15, 0.2) is 35.4 Å². The lowest BCUT2D eigenvalue weighted by atomic mass is 10.1. The van der Waals surface area contributed by atoms with Crippen LogP contribution in [-0.4, -0.2) is 31.2 Å². The lowest BCUT2D eigenvalue weighted by Gasteiger charge is -2.16. The van der Waals surface area contributed by atoms with Crippen molar-refractivity contribution in [2.24, 2.45) is 0 Å². The molecule has 1 aromatic heterocycles. The zero-order valence-corrected chi connectivity index (χ0v) is 12.3. The van der Waals surface area contributed by atoms with Crippen molar-refractivity contribution >= 4 is 20.9 Å². The molecule has 0 aliphatic carbocycles. The molecule has 0 unspecified atom stereocenters. The summed E-state index contributed by atoms with van der Waals surface area (Å²) in [5.41, 5.74) is 1.60. The fourth-order valence-electron chi connectivity index (χ4n) is 2.05. The molecule has 20 heavy (non-hydrogen) atoms. The van der Waals surface area contributed by atoms with E-state index in [4.69, 9.17) is 5.11 Å². The second-order valence-electron chi connectivity index (χ2n) is 4.69. The van der Waals surface area contributed by atoms with E-state index in [-0.39, 0.29) is 11.5 Å². The number of pyridine rings is 1. The van der Waals surface area contributed by atoms with Crippen LogP contribution in [0.1, 0.15) is 18.9 Å². The Morgan fingerprint density at radius 2 is 2.10 bits per heavy atom. The van der Waals surface area contributed by atoms with E-state index in [2.05, 4.69) is 9.71 Å². The van der Waals surface area contributed by atoms with Crippen molar-refractivity contribution in [3.63, 3.8) is 0 Å². The average Bonchev–Trinajstić information content (AvgIpc) is 2.45. The Kier molecular flexibility index (Phi) is 4.37. The Bertz CT molecular complexity index is 709. The van der Waals surface area contributed by atoms with E-state index in [0.29, 0.717) is 17.3 Å². The third-order valence-electron chi connectivity index (χ3n) is 3.26. The maximum Gasteiger partial charge on any atom is 0.241 e. The van der Waals surface area contributed by atoms with Gasteiger partial charge in [-0.25, -0.2) is 13.1 Å². The maximum absolute atomic E-state index is 12.4. The molecule has 2 aromatic rings. The molecule has 0 fully saturated rings. The van der Waals surface area contributed by atoms with Crippen LogP contribution in [0.25, 0.3) is 10.9 Å². The Morgan fingerprint density at radius 1 is 1.35 bits per heavy atom.